The van der Waals surface area contributed by atoms with Crippen LogP contribution in [0.15, 0.2) is 18.2 Å². The van der Waals surface area contributed by atoms with Crippen molar-refractivity contribution in [2.24, 2.45) is 5.41 Å². The van der Waals surface area contributed by atoms with Crippen molar-refractivity contribution in [2.45, 2.75) is 45.8 Å². The normalized spacial score (nSPS) is 29.9. The van der Waals surface area contributed by atoms with E-state index < -0.39 is 11.6 Å². The molecule has 0 bridgehead atoms. The molecule has 1 fully saturated rings. The standard InChI is InChI=1S/C15H21F2NO/c1-4-15(3)13(18-5-2)9-14(15)19-10-6-7-11(16)12(17)8-10/h6-8,13-14,18H,4-5,9H2,1-3H3. The van der Waals surface area contributed by atoms with E-state index in [1.807, 2.05) is 0 Å². The minimum atomic E-state index is -0.863. The van der Waals surface area contributed by atoms with Crippen LogP contribution in [0.3, 0.4) is 0 Å². The Morgan fingerprint density at radius 1 is 1.32 bits per heavy atom. The molecule has 2 rings (SSSR count). The fraction of sp³-hybridized carbons (Fsp3) is 0.600. The Balaban J connectivity index is 2.05. The van der Waals surface area contributed by atoms with E-state index in [-0.39, 0.29) is 11.5 Å². The molecule has 1 aliphatic rings. The van der Waals surface area contributed by atoms with Crippen LogP contribution in [0.4, 0.5) is 8.78 Å². The molecule has 0 aliphatic heterocycles. The van der Waals surface area contributed by atoms with Gasteiger partial charge in [-0.1, -0.05) is 20.8 Å². The smallest absolute Gasteiger partial charge is 0.162 e. The molecule has 1 saturated carbocycles. The van der Waals surface area contributed by atoms with Gasteiger partial charge in [0.15, 0.2) is 11.6 Å². The van der Waals surface area contributed by atoms with Crippen molar-refractivity contribution in [3.8, 4) is 5.75 Å². The van der Waals surface area contributed by atoms with E-state index in [9.17, 15) is 8.78 Å². The lowest BCUT2D eigenvalue weighted by Crippen LogP contribution is -2.63. The zero-order valence-electron chi connectivity index (χ0n) is 11.7. The minimum absolute atomic E-state index is 0.0425. The number of hydrogen-bond donors (Lipinski definition) is 1. The highest BCUT2D eigenvalue weighted by Gasteiger charge is 2.51. The van der Waals surface area contributed by atoms with Gasteiger partial charge in [0.25, 0.3) is 0 Å². The minimum Gasteiger partial charge on any atom is -0.490 e. The number of ether oxygens (including phenoxy) is 1. The second-order valence-electron chi connectivity index (χ2n) is 5.39. The van der Waals surface area contributed by atoms with E-state index >= 15 is 0 Å². The predicted octanol–water partition coefficient (Wildman–Crippen LogP) is 3.51. The third-order valence-electron chi connectivity index (χ3n) is 4.36. The maximum absolute atomic E-state index is 13.2. The molecule has 1 N–H and O–H groups in total. The summed E-state index contributed by atoms with van der Waals surface area (Å²) in [5.41, 5.74) is 0.0425. The molecule has 0 aromatic heterocycles. The van der Waals surface area contributed by atoms with Crippen LogP contribution in [0.5, 0.6) is 5.75 Å². The van der Waals surface area contributed by atoms with Gasteiger partial charge in [0.05, 0.1) is 0 Å². The van der Waals surface area contributed by atoms with Crippen LogP contribution < -0.4 is 10.1 Å². The van der Waals surface area contributed by atoms with E-state index in [1.165, 1.54) is 6.07 Å². The van der Waals surface area contributed by atoms with Gasteiger partial charge in [-0.3, -0.25) is 0 Å². The first-order chi connectivity index (χ1) is 9.01. The Kier molecular flexibility index (Phi) is 4.09. The molecule has 0 spiro atoms. The van der Waals surface area contributed by atoms with Gasteiger partial charge < -0.3 is 10.1 Å². The summed E-state index contributed by atoms with van der Waals surface area (Å²) >= 11 is 0. The molecule has 1 aliphatic carbocycles. The van der Waals surface area contributed by atoms with Crippen LogP contribution in [-0.2, 0) is 0 Å². The second kappa shape index (κ2) is 5.45. The molecule has 1 aromatic carbocycles. The first-order valence-corrected chi connectivity index (χ1v) is 6.86. The molecule has 0 heterocycles. The molecule has 3 unspecified atom stereocenters. The molecule has 0 amide bonds. The monoisotopic (exact) mass is 269 g/mol. The van der Waals surface area contributed by atoms with Crippen molar-refractivity contribution in [2.75, 3.05) is 6.54 Å². The number of nitrogens with one attached hydrogen (secondary N) is 1. The lowest BCUT2D eigenvalue weighted by Gasteiger charge is -2.53. The summed E-state index contributed by atoms with van der Waals surface area (Å²) in [5.74, 6) is -1.30. The summed E-state index contributed by atoms with van der Waals surface area (Å²) in [6, 6.07) is 4.13. The van der Waals surface area contributed by atoms with Gasteiger partial charge >= 0.3 is 0 Å². The van der Waals surface area contributed by atoms with Gasteiger partial charge in [0.2, 0.25) is 0 Å². The van der Waals surface area contributed by atoms with Crippen molar-refractivity contribution in [1.29, 1.82) is 0 Å². The summed E-state index contributed by atoms with van der Waals surface area (Å²) in [6.45, 7) is 7.32. The van der Waals surface area contributed by atoms with Crippen molar-refractivity contribution < 1.29 is 13.5 Å². The molecule has 4 heteroatoms. The van der Waals surface area contributed by atoms with Gasteiger partial charge in [-0.2, -0.15) is 0 Å². The fourth-order valence-corrected chi connectivity index (χ4v) is 2.75. The summed E-state index contributed by atoms with van der Waals surface area (Å²) in [7, 11) is 0. The lowest BCUT2D eigenvalue weighted by atomic mass is 9.61. The Bertz CT molecular complexity index is 452. The Morgan fingerprint density at radius 2 is 2.05 bits per heavy atom. The number of benzene rings is 1. The van der Waals surface area contributed by atoms with Crippen molar-refractivity contribution in [3.63, 3.8) is 0 Å². The van der Waals surface area contributed by atoms with Crippen LogP contribution >= 0.6 is 0 Å². The fourth-order valence-electron chi connectivity index (χ4n) is 2.75. The van der Waals surface area contributed by atoms with Crippen LogP contribution in [0.1, 0.15) is 33.6 Å². The molecule has 106 valence electrons. The molecular formula is C15H21F2NO. The van der Waals surface area contributed by atoms with Crippen LogP contribution in [0.2, 0.25) is 0 Å². The van der Waals surface area contributed by atoms with Gasteiger partial charge in [-0.05, 0) is 25.1 Å². The third-order valence-corrected chi connectivity index (χ3v) is 4.36. The molecule has 0 saturated heterocycles. The highest BCUT2D eigenvalue weighted by molar-refractivity contribution is 5.25. The molecule has 19 heavy (non-hydrogen) atoms. The van der Waals surface area contributed by atoms with Crippen molar-refractivity contribution in [1.82, 2.24) is 5.32 Å². The van der Waals surface area contributed by atoms with E-state index in [4.69, 9.17) is 4.74 Å². The molecular weight excluding hydrogens is 248 g/mol. The van der Waals surface area contributed by atoms with Gasteiger partial charge in [0, 0.05) is 23.9 Å². The van der Waals surface area contributed by atoms with Crippen molar-refractivity contribution in [3.05, 3.63) is 29.8 Å². The number of halogens is 2. The van der Waals surface area contributed by atoms with Gasteiger partial charge in [0.1, 0.15) is 11.9 Å². The van der Waals surface area contributed by atoms with E-state index in [1.54, 1.807) is 0 Å². The highest BCUT2D eigenvalue weighted by Crippen LogP contribution is 2.46. The first-order valence-electron chi connectivity index (χ1n) is 6.86. The summed E-state index contributed by atoms with van der Waals surface area (Å²) < 4.78 is 31.9. The van der Waals surface area contributed by atoms with E-state index in [0.29, 0.717) is 11.8 Å². The molecule has 3 atom stereocenters. The predicted molar refractivity (Wildman–Crippen MR) is 71.3 cm³/mol. The maximum Gasteiger partial charge on any atom is 0.162 e. The number of hydrogen-bond acceptors (Lipinski definition) is 2. The Morgan fingerprint density at radius 3 is 2.63 bits per heavy atom. The molecule has 0 radical (unpaired) electrons. The van der Waals surface area contributed by atoms with E-state index in [0.717, 1.165) is 31.5 Å². The highest BCUT2D eigenvalue weighted by atomic mass is 19.2. The third kappa shape index (κ3) is 2.59. The molecule has 2 nitrogen and oxygen atoms in total. The summed E-state index contributed by atoms with van der Waals surface area (Å²) in [6.07, 6.45) is 1.93. The van der Waals surface area contributed by atoms with Crippen LogP contribution in [-0.4, -0.2) is 18.7 Å². The first kappa shape index (κ1) is 14.3. The van der Waals surface area contributed by atoms with Crippen molar-refractivity contribution >= 4 is 0 Å². The maximum atomic E-state index is 13.2. The second-order valence-corrected chi connectivity index (χ2v) is 5.39. The topological polar surface area (TPSA) is 21.3 Å². The molecule has 1 aromatic rings. The largest absolute Gasteiger partial charge is 0.490 e. The number of rotatable bonds is 5. The van der Waals surface area contributed by atoms with Crippen LogP contribution in [0.25, 0.3) is 0 Å². The Hall–Kier alpha value is -1.16. The summed E-state index contributed by atoms with van der Waals surface area (Å²) in [4.78, 5) is 0. The van der Waals surface area contributed by atoms with Gasteiger partial charge in [-0.25, -0.2) is 8.78 Å². The van der Waals surface area contributed by atoms with E-state index in [2.05, 4.69) is 26.1 Å². The zero-order chi connectivity index (χ0) is 14.0. The SMILES string of the molecule is CCNC1CC(Oc2ccc(F)c(F)c2)C1(C)CC. The van der Waals surface area contributed by atoms with Gasteiger partial charge in [-0.15, -0.1) is 0 Å². The average molecular weight is 269 g/mol. The average Bonchev–Trinajstić information content (AvgIpc) is 2.40. The zero-order valence-corrected chi connectivity index (χ0v) is 11.7. The van der Waals surface area contributed by atoms with Crippen LogP contribution in [0, 0.1) is 17.0 Å². The Labute approximate surface area is 113 Å². The quantitative estimate of drug-likeness (QED) is 0.883. The summed E-state index contributed by atoms with van der Waals surface area (Å²) in [5, 5.41) is 3.45. The lowest BCUT2D eigenvalue weighted by molar-refractivity contribution is -0.0698.